The topological polar surface area (TPSA) is 0 Å². The zero-order valence-corrected chi connectivity index (χ0v) is 13.0. The predicted octanol–water partition coefficient (Wildman–Crippen LogP) is 6.08. The first-order chi connectivity index (χ1) is 8.40. The van der Waals surface area contributed by atoms with Gasteiger partial charge in [0.25, 0.3) is 0 Å². The third-order valence-electron chi connectivity index (χ3n) is 2.47. The lowest BCUT2D eigenvalue weighted by molar-refractivity contribution is 0.568. The van der Waals surface area contributed by atoms with Crippen LogP contribution in [0.3, 0.4) is 0 Å². The number of benzene rings is 1. The van der Waals surface area contributed by atoms with Crippen LogP contribution in [0.1, 0.15) is 21.4 Å². The summed E-state index contributed by atoms with van der Waals surface area (Å²) in [6.45, 7) is 1.57. The van der Waals surface area contributed by atoms with E-state index in [1.165, 1.54) is 17.4 Å². The quantitative estimate of drug-likeness (QED) is 0.561. The molecule has 6 heteroatoms. The Bertz CT molecular complexity index is 579. The minimum Gasteiger partial charge on any atom is -0.207 e. The molecule has 1 unspecified atom stereocenters. The number of aryl methyl sites for hydroxylation is 1. The molecule has 2 rings (SSSR count). The number of halogens is 5. The van der Waals surface area contributed by atoms with Crippen LogP contribution in [0.25, 0.3) is 0 Å². The van der Waals surface area contributed by atoms with Crippen LogP contribution in [0.4, 0.5) is 8.78 Å². The van der Waals surface area contributed by atoms with Crippen molar-refractivity contribution in [1.82, 2.24) is 0 Å². The summed E-state index contributed by atoms with van der Waals surface area (Å²) in [7, 11) is 0. The van der Waals surface area contributed by atoms with Crippen LogP contribution in [-0.4, -0.2) is 0 Å². The first kappa shape index (κ1) is 14.3. The summed E-state index contributed by atoms with van der Waals surface area (Å²) in [4.78, 5) is 0.707. The van der Waals surface area contributed by atoms with Gasteiger partial charge in [0, 0.05) is 21.0 Å². The second kappa shape index (κ2) is 5.45. The van der Waals surface area contributed by atoms with E-state index in [0.717, 1.165) is 6.07 Å². The Labute approximate surface area is 126 Å². The smallest absolute Gasteiger partial charge is 0.131 e. The molecule has 1 aromatic carbocycles. The number of hydrogen-bond acceptors (Lipinski definition) is 1. The molecule has 0 aliphatic heterocycles. The zero-order valence-electron chi connectivity index (χ0n) is 9.11. The number of thiophene rings is 1. The molecule has 0 aliphatic rings. The molecule has 1 atom stereocenters. The largest absolute Gasteiger partial charge is 0.207 e. The molecule has 1 aromatic heterocycles. The van der Waals surface area contributed by atoms with Gasteiger partial charge in [0.15, 0.2) is 0 Å². The van der Waals surface area contributed by atoms with Crippen LogP contribution in [-0.2, 0) is 0 Å². The van der Waals surface area contributed by atoms with Gasteiger partial charge in [-0.05, 0) is 40.5 Å². The van der Waals surface area contributed by atoms with Crippen molar-refractivity contribution in [2.75, 3.05) is 0 Å². The van der Waals surface area contributed by atoms with E-state index in [9.17, 15) is 8.78 Å². The fraction of sp³-hybridized carbons (Fsp3) is 0.167. The lowest BCUT2D eigenvalue weighted by Gasteiger charge is -2.10. The Balaban J connectivity index is 2.45. The van der Waals surface area contributed by atoms with Gasteiger partial charge in [-0.15, -0.1) is 22.9 Å². The molecule has 1 heterocycles. The predicted molar refractivity (Wildman–Crippen MR) is 75.8 cm³/mol. The van der Waals surface area contributed by atoms with Gasteiger partial charge in [0.2, 0.25) is 0 Å². The Morgan fingerprint density at radius 3 is 2.44 bits per heavy atom. The molecule has 0 saturated carbocycles. The molecular weight excluding hydrogens is 365 g/mol. The summed E-state index contributed by atoms with van der Waals surface area (Å²) in [5, 5.41) is -0.682. The molecule has 0 radical (unpaired) electrons. The third-order valence-corrected chi connectivity index (χ3v) is 5.60. The van der Waals surface area contributed by atoms with Gasteiger partial charge in [-0.25, -0.2) is 8.78 Å². The van der Waals surface area contributed by atoms with Gasteiger partial charge >= 0.3 is 0 Å². The Kier molecular flexibility index (Phi) is 4.32. The van der Waals surface area contributed by atoms with Crippen molar-refractivity contribution >= 4 is 50.5 Å². The Morgan fingerprint density at radius 2 is 1.89 bits per heavy atom. The molecule has 0 bridgehead atoms. The van der Waals surface area contributed by atoms with Crippen molar-refractivity contribution in [2.24, 2.45) is 0 Å². The maximum Gasteiger partial charge on any atom is 0.131 e. The molecule has 0 amide bonds. The molecular formula is C12H7BrCl2F2S. The zero-order chi connectivity index (χ0) is 13.4. The van der Waals surface area contributed by atoms with E-state index < -0.39 is 17.0 Å². The first-order valence-electron chi connectivity index (χ1n) is 4.94. The molecule has 18 heavy (non-hydrogen) atoms. The van der Waals surface area contributed by atoms with Crippen molar-refractivity contribution < 1.29 is 8.78 Å². The molecule has 0 aliphatic carbocycles. The van der Waals surface area contributed by atoms with Crippen molar-refractivity contribution in [3.05, 3.63) is 54.6 Å². The van der Waals surface area contributed by atoms with Crippen molar-refractivity contribution in [1.29, 1.82) is 0 Å². The molecule has 0 fully saturated rings. The minimum atomic E-state index is -0.682. The summed E-state index contributed by atoms with van der Waals surface area (Å²) < 4.78 is 28.2. The molecule has 2 aromatic rings. The average molecular weight is 372 g/mol. The van der Waals surface area contributed by atoms with Crippen molar-refractivity contribution in [3.8, 4) is 0 Å². The van der Waals surface area contributed by atoms with E-state index in [1.54, 1.807) is 13.0 Å². The van der Waals surface area contributed by atoms with Crippen LogP contribution >= 0.6 is 50.5 Å². The highest BCUT2D eigenvalue weighted by Gasteiger charge is 2.20. The summed E-state index contributed by atoms with van der Waals surface area (Å²) in [5.74, 6) is -1.23. The Morgan fingerprint density at radius 1 is 1.22 bits per heavy atom. The van der Waals surface area contributed by atoms with Gasteiger partial charge in [0.1, 0.15) is 16.0 Å². The van der Waals surface area contributed by atoms with Gasteiger partial charge in [0.05, 0.1) is 5.38 Å². The summed E-state index contributed by atoms with van der Waals surface area (Å²) in [5.41, 5.74) is 0.611. The van der Waals surface area contributed by atoms with Crippen LogP contribution < -0.4 is 0 Å². The second-order valence-electron chi connectivity index (χ2n) is 3.76. The van der Waals surface area contributed by atoms with E-state index in [1.807, 2.05) is 0 Å². The number of hydrogen-bond donors (Lipinski definition) is 0. The van der Waals surface area contributed by atoms with E-state index in [-0.39, 0.29) is 5.56 Å². The highest BCUT2D eigenvalue weighted by molar-refractivity contribution is 9.10. The SMILES string of the molecule is Cc1cc(C(Cl)c2cc(Br)c(Cl)s2)c(F)cc1F. The van der Waals surface area contributed by atoms with E-state index in [4.69, 9.17) is 23.2 Å². The highest BCUT2D eigenvalue weighted by Crippen LogP contribution is 2.41. The van der Waals surface area contributed by atoms with Crippen LogP contribution in [0.2, 0.25) is 4.34 Å². The first-order valence-corrected chi connectivity index (χ1v) is 7.37. The summed E-state index contributed by atoms with van der Waals surface area (Å²) in [6, 6.07) is 4.01. The van der Waals surface area contributed by atoms with Crippen LogP contribution in [0, 0.1) is 18.6 Å². The van der Waals surface area contributed by atoms with Crippen molar-refractivity contribution in [3.63, 3.8) is 0 Å². The maximum atomic E-state index is 13.7. The molecule has 96 valence electrons. The monoisotopic (exact) mass is 370 g/mol. The van der Waals surface area contributed by atoms with Gasteiger partial charge in [-0.3, -0.25) is 0 Å². The lowest BCUT2D eigenvalue weighted by Crippen LogP contribution is -1.98. The number of alkyl halides is 1. The maximum absolute atomic E-state index is 13.7. The fourth-order valence-electron chi connectivity index (χ4n) is 1.52. The molecule has 0 nitrogen and oxygen atoms in total. The van der Waals surface area contributed by atoms with Gasteiger partial charge in [-0.2, -0.15) is 0 Å². The van der Waals surface area contributed by atoms with Gasteiger partial charge in [-0.1, -0.05) is 11.6 Å². The summed E-state index contributed by atoms with van der Waals surface area (Å²) >= 11 is 16.7. The highest BCUT2D eigenvalue weighted by atomic mass is 79.9. The number of rotatable bonds is 2. The van der Waals surface area contributed by atoms with E-state index in [0.29, 0.717) is 19.2 Å². The van der Waals surface area contributed by atoms with E-state index in [2.05, 4.69) is 15.9 Å². The average Bonchev–Trinajstić information content (AvgIpc) is 2.63. The van der Waals surface area contributed by atoms with Gasteiger partial charge < -0.3 is 0 Å². The minimum absolute atomic E-state index is 0.251. The molecule has 0 N–H and O–H groups in total. The van der Waals surface area contributed by atoms with E-state index >= 15 is 0 Å². The normalized spacial score (nSPS) is 12.8. The van der Waals surface area contributed by atoms with Crippen molar-refractivity contribution in [2.45, 2.75) is 12.3 Å². The lowest BCUT2D eigenvalue weighted by atomic mass is 10.1. The molecule has 0 spiro atoms. The van der Waals surface area contributed by atoms with Crippen LogP contribution in [0.5, 0.6) is 0 Å². The Hall–Kier alpha value is -0.160. The second-order valence-corrected chi connectivity index (χ2v) is 6.73. The molecule has 0 saturated heterocycles. The summed E-state index contributed by atoms with van der Waals surface area (Å²) in [6.07, 6.45) is 0. The van der Waals surface area contributed by atoms with Crippen LogP contribution in [0.15, 0.2) is 22.7 Å². The fourth-order valence-corrected chi connectivity index (χ4v) is 3.61. The standard InChI is InChI=1S/C12H7BrCl2F2S/c1-5-2-6(9(17)4-8(5)16)11(14)10-3-7(13)12(15)18-10/h2-4,11H,1H3. The third kappa shape index (κ3) is 2.72.